The van der Waals surface area contributed by atoms with Crippen LogP contribution in [-0.4, -0.2) is 13.4 Å². The lowest BCUT2D eigenvalue weighted by molar-refractivity contribution is -0.208. The van der Waals surface area contributed by atoms with E-state index < -0.39 is 12.9 Å². The monoisotopic (exact) mass is 142 g/mol. The van der Waals surface area contributed by atoms with Crippen LogP contribution < -0.4 is 0 Å². The molecule has 0 atom stereocenters. The maximum absolute atomic E-state index is 11.1. The first-order chi connectivity index (χ1) is 4.27. The highest BCUT2D eigenvalue weighted by atomic mass is 19.3. The van der Waals surface area contributed by atoms with Crippen molar-refractivity contribution in [3.8, 4) is 0 Å². The minimum Gasteiger partial charge on any atom is -0.348 e. The Morgan fingerprint density at radius 3 is 2.56 bits per heavy atom. The van der Waals surface area contributed by atoms with E-state index in [2.05, 4.69) is 9.68 Å². The molecular formula is C4H5F3O2. The highest BCUT2D eigenvalue weighted by Gasteiger charge is 1.87. The van der Waals surface area contributed by atoms with Gasteiger partial charge in [0.25, 0.3) is 6.08 Å². The van der Waals surface area contributed by atoms with Crippen molar-refractivity contribution in [2.75, 3.05) is 13.4 Å². The lowest BCUT2D eigenvalue weighted by atomic mass is 10.7. The molecule has 0 aromatic rings. The second-order valence-electron chi connectivity index (χ2n) is 1.09. The molecule has 0 bridgehead atoms. The van der Waals surface area contributed by atoms with Gasteiger partial charge in [0.2, 0.25) is 0 Å². The first kappa shape index (κ1) is 8.45. The molecule has 0 fully saturated rings. The minimum atomic E-state index is -1.85. The van der Waals surface area contributed by atoms with Crippen molar-refractivity contribution < 1.29 is 23.0 Å². The van der Waals surface area contributed by atoms with Gasteiger partial charge >= 0.3 is 0 Å². The SMILES string of the molecule is FOCOCC=C(F)F. The van der Waals surface area contributed by atoms with Gasteiger partial charge in [0.15, 0.2) is 6.79 Å². The maximum Gasteiger partial charge on any atom is 0.268 e. The van der Waals surface area contributed by atoms with Crippen LogP contribution >= 0.6 is 0 Å². The van der Waals surface area contributed by atoms with Gasteiger partial charge in [-0.05, 0) is 4.53 Å². The molecule has 0 rings (SSSR count). The Hall–Kier alpha value is -0.550. The van der Waals surface area contributed by atoms with Crippen molar-refractivity contribution in [1.82, 2.24) is 0 Å². The highest BCUT2D eigenvalue weighted by molar-refractivity contribution is 4.79. The van der Waals surface area contributed by atoms with Crippen molar-refractivity contribution in [3.05, 3.63) is 12.2 Å². The van der Waals surface area contributed by atoms with Crippen LogP contribution in [0.15, 0.2) is 12.2 Å². The van der Waals surface area contributed by atoms with Crippen LogP contribution in [0.5, 0.6) is 0 Å². The third-order valence-corrected chi connectivity index (χ3v) is 0.483. The van der Waals surface area contributed by atoms with Gasteiger partial charge in [0.05, 0.1) is 6.61 Å². The van der Waals surface area contributed by atoms with Crippen molar-refractivity contribution in [1.29, 1.82) is 0 Å². The molecule has 0 radical (unpaired) electrons. The Kier molecular flexibility index (Phi) is 5.24. The zero-order chi connectivity index (χ0) is 7.11. The van der Waals surface area contributed by atoms with Crippen molar-refractivity contribution >= 4 is 0 Å². The van der Waals surface area contributed by atoms with Gasteiger partial charge in [-0.3, -0.25) is 0 Å². The summed E-state index contributed by atoms with van der Waals surface area (Å²) >= 11 is 0. The number of halogens is 3. The average molecular weight is 142 g/mol. The van der Waals surface area contributed by atoms with Crippen LogP contribution in [0.4, 0.5) is 13.3 Å². The molecule has 0 aliphatic heterocycles. The summed E-state index contributed by atoms with van der Waals surface area (Å²) in [6.07, 6.45) is -1.34. The number of rotatable bonds is 4. The van der Waals surface area contributed by atoms with Crippen LogP contribution in [0.1, 0.15) is 0 Å². The fourth-order valence-electron chi connectivity index (χ4n) is 0.202. The predicted octanol–water partition coefficient (Wildman–Crippen LogP) is 1.64. The molecule has 0 N–H and O–H groups in total. The van der Waals surface area contributed by atoms with E-state index in [1.165, 1.54) is 0 Å². The summed E-state index contributed by atoms with van der Waals surface area (Å²) in [5, 5.41) is 0. The molecule has 2 nitrogen and oxygen atoms in total. The Morgan fingerprint density at radius 1 is 1.44 bits per heavy atom. The Balaban J connectivity index is 3.00. The zero-order valence-electron chi connectivity index (χ0n) is 4.44. The Labute approximate surface area is 49.8 Å². The van der Waals surface area contributed by atoms with Gasteiger partial charge in [0.1, 0.15) is 0 Å². The smallest absolute Gasteiger partial charge is 0.268 e. The molecule has 0 heterocycles. The third kappa shape index (κ3) is 7.45. The van der Waals surface area contributed by atoms with E-state index in [0.29, 0.717) is 6.08 Å². The van der Waals surface area contributed by atoms with E-state index >= 15 is 0 Å². The summed E-state index contributed by atoms with van der Waals surface area (Å²) in [6, 6.07) is 0. The van der Waals surface area contributed by atoms with Crippen LogP contribution in [0, 0.1) is 0 Å². The van der Waals surface area contributed by atoms with E-state index in [9.17, 15) is 13.3 Å². The van der Waals surface area contributed by atoms with Gasteiger partial charge in [-0.25, -0.2) is 0 Å². The van der Waals surface area contributed by atoms with Crippen molar-refractivity contribution in [2.24, 2.45) is 0 Å². The molecule has 9 heavy (non-hydrogen) atoms. The van der Waals surface area contributed by atoms with Gasteiger partial charge in [-0.15, -0.1) is 0 Å². The normalized spacial score (nSPS) is 9.22. The van der Waals surface area contributed by atoms with Crippen LogP contribution in [0.25, 0.3) is 0 Å². The molecule has 0 amide bonds. The summed E-state index contributed by atoms with van der Waals surface area (Å²) in [6.45, 7) is -0.962. The summed E-state index contributed by atoms with van der Waals surface area (Å²) < 4.78 is 37.0. The van der Waals surface area contributed by atoms with Crippen molar-refractivity contribution in [2.45, 2.75) is 0 Å². The Morgan fingerprint density at radius 2 is 2.11 bits per heavy atom. The molecular weight excluding hydrogens is 137 g/mol. The molecule has 0 aliphatic rings. The van der Waals surface area contributed by atoms with Crippen LogP contribution in [-0.2, 0) is 9.68 Å². The molecule has 0 spiro atoms. The highest BCUT2D eigenvalue weighted by Crippen LogP contribution is 1.95. The summed E-state index contributed by atoms with van der Waals surface area (Å²) in [5.74, 6) is 0. The second kappa shape index (κ2) is 5.58. The number of hydrogen-bond acceptors (Lipinski definition) is 2. The standard InChI is InChI=1S/C4H5F3O2/c5-4(6)1-2-8-3-9-7/h1H,2-3H2. The number of hydrogen-bond donors (Lipinski definition) is 0. The van der Waals surface area contributed by atoms with Crippen LogP contribution in [0.2, 0.25) is 0 Å². The van der Waals surface area contributed by atoms with Crippen molar-refractivity contribution in [3.63, 3.8) is 0 Å². The molecule has 0 aromatic carbocycles. The average Bonchev–Trinajstić information content (AvgIpc) is 1.80. The van der Waals surface area contributed by atoms with E-state index in [0.717, 1.165) is 0 Å². The van der Waals surface area contributed by atoms with E-state index in [-0.39, 0.29) is 6.61 Å². The molecule has 0 aliphatic carbocycles. The first-order valence-corrected chi connectivity index (χ1v) is 2.10. The van der Waals surface area contributed by atoms with Crippen LogP contribution in [0.3, 0.4) is 0 Å². The predicted molar refractivity (Wildman–Crippen MR) is 23.3 cm³/mol. The Bertz CT molecular complexity index is 89.8. The quantitative estimate of drug-likeness (QED) is 0.438. The van der Waals surface area contributed by atoms with E-state index in [1.54, 1.807) is 0 Å². The lowest BCUT2D eigenvalue weighted by Crippen LogP contribution is -1.93. The maximum atomic E-state index is 11.1. The fraction of sp³-hybridized carbons (Fsp3) is 0.500. The van der Waals surface area contributed by atoms with E-state index in [4.69, 9.17) is 0 Å². The van der Waals surface area contributed by atoms with Gasteiger partial charge in [-0.1, -0.05) is 0 Å². The molecule has 0 aromatic heterocycles. The molecule has 54 valence electrons. The third-order valence-electron chi connectivity index (χ3n) is 0.483. The second-order valence-corrected chi connectivity index (χ2v) is 1.09. The zero-order valence-corrected chi connectivity index (χ0v) is 4.44. The van der Waals surface area contributed by atoms with Gasteiger partial charge in [-0.2, -0.15) is 13.7 Å². The fourth-order valence-corrected chi connectivity index (χ4v) is 0.202. The summed E-state index contributed by atoms with van der Waals surface area (Å²) in [7, 11) is 0. The minimum absolute atomic E-state index is 0.341. The largest absolute Gasteiger partial charge is 0.348 e. The molecule has 0 unspecified atom stereocenters. The topological polar surface area (TPSA) is 18.5 Å². The number of ether oxygens (including phenoxy) is 1. The molecule has 0 saturated carbocycles. The summed E-state index contributed by atoms with van der Waals surface area (Å²) in [4.78, 5) is 2.93. The first-order valence-electron chi connectivity index (χ1n) is 2.10. The molecule has 5 heteroatoms. The summed E-state index contributed by atoms with van der Waals surface area (Å²) in [5.41, 5.74) is 0. The van der Waals surface area contributed by atoms with E-state index in [1.807, 2.05) is 0 Å². The van der Waals surface area contributed by atoms with Gasteiger partial charge < -0.3 is 4.74 Å². The molecule has 0 saturated heterocycles. The van der Waals surface area contributed by atoms with Gasteiger partial charge in [0, 0.05) is 6.08 Å². The lowest BCUT2D eigenvalue weighted by Gasteiger charge is -1.91.